The first-order valence-corrected chi connectivity index (χ1v) is 8.42. The first-order valence-electron chi connectivity index (χ1n) is 8.42. The lowest BCUT2D eigenvalue weighted by molar-refractivity contribution is 0.624. The standard InChI is InChI=1S/C20H19F2N3/c1-14-12-20(23-19-7-4-16(22)13-18(14)19)25-10-8-24(9-11-25)17-5-2-15(21)3-6-17/h2-7,12-13H,8-11H2,1H3. The molecule has 0 aliphatic carbocycles. The van der Waals surface area contributed by atoms with E-state index in [9.17, 15) is 8.78 Å². The van der Waals surface area contributed by atoms with Crippen molar-refractivity contribution in [1.82, 2.24) is 4.98 Å². The van der Waals surface area contributed by atoms with E-state index in [0.717, 1.165) is 54.2 Å². The summed E-state index contributed by atoms with van der Waals surface area (Å²) in [5, 5.41) is 0.855. The summed E-state index contributed by atoms with van der Waals surface area (Å²) in [5.74, 6) is 0.475. The van der Waals surface area contributed by atoms with E-state index in [-0.39, 0.29) is 11.6 Å². The minimum Gasteiger partial charge on any atom is -0.368 e. The van der Waals surface area contributed by atoms with Gasteiger partial charge in [0.25, 0.3) is 0 Å². The maximum absolute atomic E-state index is 13.4. The lowest BCUT2D eigenvalue weighted by Crippen LogP contribution is -2.46. The first-order chi connectivity index (χ1) is 12.1. The van der Waals surface area contributed by atoms with Gasteiger partial charge in [-0.2, -0.15) is 0 Å². The zero-order chi connectivity index (χ0) is 17.4. The minimum absolute atomic E-state index is 0.213. The van der Waals surface area contributed by atoms with Crippen molar-refractivity contribution in [3.05, 3.63) is 65.7 Å². The third-order valence-corrected chi connectivity index (χ3v) is 4.76. The Labute approximate surface area is 145 Å². The summed E-state index contributed by atoms with van der Waals surface area (Å²) in [5.41, 5.74) is 2.89. The van der Waals surface area contributed by atoms with E-state index in [2.05, 4.69) is 9.80 Å². The summed E-state index contributed by atoms with van der Waals surface area (Å²) in [7, 11) is 0. The molecule has 1 saturated heterocycles. The number of pyridine rings is 1. The second-order valence-corrected chi connectivity index (χ2v) is 6.41. The van der Waals surface area contributed by atoms with Gasteiger partial charge in [0.15, 0.2) is 0 Å². The molecular formula is C20H19F2N3. The van der Waals surface area contributed by atoms with Crippen LogP contribution in [0.25, 0.3) is 10.9 Å². The molecule has 1 aliphatic rings. The van der Waals surface area contributed by atoms with Gasteiger partial charge in [0, 0.05) is 37.3 Å². The molecule has 0 spiro atoms. The molecule has 25 heavy (non-hydrogen) atoms. The van der Waals surface area contributed by atoms with Crippen LogP contribution in [0, 0.1) is 18.6 Å². The highest BCUT2D eigenvalue weighted by atomic mass is 19.1. The van der Waals surface area contributed by atoms with Gasteiger partial charge in [0.1, 0.15) is 17.5 Å². The highest BCUT2D eigenvalue weighted by Crippen LogP contribution is 2.25. The summed E-state index contributed by atoms with van der Waals surface area (Å²) >= 11 is 0. The highest BCUT2D eigenvalue weighted by molar-refractivity contribution is 5.84. The fourth-order valence-corrected chi connectivity index (χ4v) is 3.36. The maximum atomic E-state index is 13.4. The zero-order valence-electron chi connectivity index (χ0n) is 14.0. The summed E-state index contributed by atoms with van der Waals surface area (Å²) in [6.07, 6.45) is 0. The van der Waals surface area contributed by atoms with Crippen LogP contribution in [-0.4, -0.2) is 31.2 Å². The van der Waals surface area contributed by atoms with Gasteiger partial charge < -0.3 is 9.80 Å². The number of nitrogens with zero attached hydrogens (tertiary/aromatic N) is 3. The SMILES string of the molecule is Cc1cc(N2CCN(c3ccc(F)cc3)CC2)nc2ccc(F)cc12. The van der Waals surface area contributed by atoms with E-state index in [1.807, 2.05) is 25.1 Å². The number of benzene rings is 2. The number of rotatable bonds is 2. The quantitative estimate of drug-likeness (QED) is 0.699. The Hall–Kier alpha value is -2.69. The Morgan fingerprint density at radius 1 is 0.800 bits per heavy atom. The predicted molar refractivity (Wildman–Crippen MR) is 97.3 cm³/mol. The van der Waals surface area contributed by atoms with Crippen molar-refractivity contribution in [3.63, 3.8) is 0 Å². The minimum atomic E-state index is -0.238. The van der Waals surface area contributed by atoms with Gasteiger partial charge in [-0.1, -0.05) is 0 Å². The fourth-order valence-electron chi connectivity index (χ4n) is 3.36. The van der Waals surface area contributed by atoms with Gasteiger partial charge in [-0.25, -0.2) is 13.8 Å². The van der Waals surface area contributed by atoms with E-state index in [4.69, 9.17) is 4.98 Å². The molecule has 0 radical (unpaired) electrons. The number of anilines is 2. The van der Waals surface area contributed by atoms with Crippen molar-refractivity contribution in [2.45, 2.75) is 6.92 Å². The van der Waals surface area contributed by atoms with Crippen molar-refractivity contribution in [2.75, 3.05) is 36.0 Å². The molecule has 1 aliphatic heterocycles. The maximum Gasteiger partial charge on any atom is 0.129 e. The van der Waals surface area contributed by atoms with Crippen LogP contribution < -0.4 is 9.80 Å². The summed E-state index contributed by atoms with van der Waals surface area (Å²) in [6.45, 7) is 5.39. The van der Waals surface area contributed by atoms with Gasteiger partial charge >= 0.3 is 0 Å². The highest BCUT2D eigenvalue weighted by Gasteiger charge is 2.19. The topological polar surface area (TPSA) is 19.4 Å². The molecular weight excluding hydrogens is 320 g/mol. The van der Waals surface area contributed by atoms with Crippen LogP contribution in [0.5, 0.6) is 0 Å². The lowest BCUT2D eigenvalue weighted by atomic mass is 10.1. The first kappa shape index (κ1) is 15.8. The van der Waals surface area contributed by atoms with E-state index in [0.29, 0.717) is 0 Å². The number of piperazine rings is 1. The van der Waals surface area contributed by atoms with Crippen LogP contribution in [0.3, 0.4) is 0 Å². The molecule has 0 unspecified atom stereocenters. The molecule has 2 heterocycles. The second-order valence-electron chi connectivity index (χ2n) is 6.41. The van der Waals surface area contributed by atoms with E-state index in [1.54, 1.807) is 6.07 Å². The molecule has 128 valence electrons. The molecule has 0 atom stereocenters. The Morgan fingerprint density at radius 2 is 1.44 bits per heavy atom. The predicted octanol–water partition coefficient (Wildman–Crippen LogP) is 4.15. The van der Waals surface area contributed by atoms with Crippen molar-refractivity contribution in [2.24, 2.45) is 0 Å². The van der Waals surface area contributed by atoms with Gasteiger partial charge in [0.2, 0.25) is 0 Å². The van der Waals surface area contributed by atoms with Gasteiger partial charge in [-0.15, -0.1) is 0 Å². The van der Waals surface area contributed by atoms with Crippen LogP contribution in [0.15, 0.2) is 48.5 Å². The molecule has 1 fully saturated rings. The Balaban J connectivity index is 1.53. The second kappa shape index (κ2) is 6.31. The van der Waals surface area contributed by atoms with Crippen molar-refractivity contribution in [1.29, 1.82) is 0 Å². The van der Waals surface area contributed by atoms with E-state index in [1.165, 1.54) is 24.3 Å². The zero-order valence-corrected chi connectivity index (χ0v) is 14.0. The molecule has 3 nitrogen and oxygen atoms in total. The fraction of sp³-hybridized carbons (Fsp3) is 0.250. The van der Waals surface area contributed by atoms with Crippen LogP contribution in [0.1, 0.15) is 5.56 Å². The Kier molecular flexibility index (Phi) is 3.99. The average Bonchev–Trinajstić information content (AvgIpc) is 2.63. The van der Waals surface area contributed by atoms with Crippen molar-refractivity contribution < 1.29 is 8.78 Å². The Bertz CT molecular complexity index is 901. The number of hydrogen-bond acceptors (Lipinski definition) is 3. The molecule has 5 heteroatoms. The molecule has 2 aromatic carbocycles. The van der Waals surface area contributed by atoms with Gasteiger partial charge in [0.05, 0.1) is 5.52 Å². The third-order valence-electron chi connectivity index (χ3n) is 4.76. The molecule has 1 aromatic heterocycles. The third kappa shape index (κ3) is 3.14. The lowest BCUT2D eigenvalue weighted by Gasteiger charge is -2.37. The Morgan fingerprint density at radius 3 is 2.16 bits per heavy atom. The molecule has 0 N–H and O–H groups in total. The smallest absolute Gasteiger partial charge is 0.129 e. The largest absolute Gasteiger partial charge is 0.368 e. The number of aromatic nitrogens is 1. The number of halogens is 2. The monoisotopic (exact) mass is 339 g/mol. The number of fused-ring (bicyclic) bond motifs is 1. The summed E-state index contributed by atoms with van der Waals surface area (Å²) in [4.78, 5) is 9.20. The van der Waals surface area contributed by atoms with E-state index < -0.39 is 0 Å². The van der Waals surface area contributed by atoms with Crippen LogP contribution >= 0.6 is 0 Å². The molecule has 0 saturated carbocycles. The van der Waals surface area contributed by atoms with Gasteiger partial charge in [-0.05, 0) is 61.0 Å². The summed E-state index contributed by atoms with van der Waals surface area (Å²) < 4.78 is 26.5. The van der Waals surface area contributed by atoms with E-state index >= 15 is 0 Å². The molecule has 3 aromatic rings. The van der Waals surface area contributed by atoms with Crippen molar-refractivity contribution >= 4 is 22.4 Å². The van der Waals surface area contributed by atoms with Crippen LogP contribution in [0.4, 0.5) is 20.3 Å². The molecule has 4 rings (SSSR count). The van der Waals surface area contributed by atoms with Gasteiger partial charge in [-0.3, -0.25) is 0 Å². The summed E-state index contributed by atoms with van der Waals surface area (Å²) in [6, 6.07) is 13.4. The average molecular weight is 339 g/mol. The number of hydrogen-bond donors (Lipinski definition) is 0. The van der Waals surface area contributed by atoms with Crippen LogP contribution in [0.2, 0.25) is 0 Å². The van der Waals surface area contributed by atoms with Crippen LogP contribution in [-0.2, 0) is 0 Å². The molecule has 0 amide bonds. The normalized spacial score (nSPS) is 15.0. The number of aryl methyl sites for hydroxylation is 1. The van der Waals surface area contributed by atoms with Crippen molar-refractivity contribution in [3.8, 4) is 0 Å². The molecule has 0 bridgehead atoms.